The van der Waals surface area contributed by atoms with E-state index in [1.54, 1.807) is 19.2 Å². The van der Waals surface area contributed by atoms with Gasteiger partial charge in [-0.1, -0.05) is 42.5 Å². The predicted molar refractivity (Wildman–Crippen MR) is 111 cm³/mol. The molecule has 0 aliphatic carbocycles. The standard InChI is InChI=1S/C20H20N6O4/c1-30-16-9-7-15(8-10-16)12-21-19-18(26(28)29)20(23-13-22-19)25-24-17(27)11-14-5-3-2-4-6-14/h2-10,13H,11-12H2,1H3,(H,24,27)(H2,21,22,23,25). The highest BCUT2D eigenvalue weighted by atomic mass is 16.6. The predicted octanol–water partition coefficient (Wildman–Crippen LogP) is 2.69. The van der Waals surface area contributed by atoms with E-state index in [4.69, 9.17) is 4.74 Å². The molecule has 0 radical (unpaired) electrons. The second kappa shape index (κ2) is 9.82. The summed E-state index contributed by atoms with van der Waals surface area (Å²) < 4.78 is 5.11. The van der Waals surface area contributed by atoms with Gasteiger partial charge < -0.3 is 10.1 Å². The lowest BCUT2D eigenvalue weighted by Crippen LogP contribution is -2.31. The molecule has 0 bridgehead atoms. The number of aromatic nitrogens is 2. The number of nitrogens with one attached hydrogen (secondary N) is 3. The van der Waals surface area contributed by atoms with Crippen molar-refractivity contribution in [2.75, 3.05) is 17.9 Å². The molecule has 0 spiro atoms. The molecule has 3 aromatic rings. The first-order valence-corrected chi connectivity index (χ1v) is 9.02. The van der Waals surface area contributed by atoms with Gasteiger partial charge in [0.2, 0.25) is 17.5 Å². The van der Waals surface area contributed by atoms with Crippen LogP contribution in [0.4, 0.5) is 17.3 Å². The molecule has 10 nitrogen and oxygen atoms in total. The van der Waals surface area contributed by atoms with Gasteiger partial charge >= 0.3 is 5.69 Å². The minimum Gasteiger partial charge on any atom is -0.497 e. The van der Waals surface area contributed by atoms with E-state index < -0.39 is 4.92 Å². The number of benzene rings is 2. The monoisotopic (exact) mass is 408 g/mol. The van der Waals surface area contributed by atoms with E-state index in [9.17, 15) is 14.9 Å². The van der Waals surface area contributed by atoms with Gasteiger partial charge in [0.25, 0.3) is 0 Å². The maximum Gasteiger partial charge on any atom is 0.354 e. The maximum atomic E-state index is 12.1. The zero-order valence-corrected chi connectivity index (χ0v) is 16.2. The Labute approximate surface area is 172 Å². The number of nitrogens with zero attached hydrogens (tertiary/aromatic N) is 3. The third-order valence-electron chi connectivity index (χ3n) is 4.15. The fraction of sp³-hybridized carbons (Fsp3) is 0.150. The molecule has 0 aliphatic heterocycles. The second-order valence-electron chi connectivity index (χ2n) is 6.21. The lowest BCUT2D eigenvalue weighted by molar-refractivity contribution is -0.383. The number of methoxy groups -OCH3 is 1. The van der Waals surface area contributed by atoms with Crippen LogP contribution in [0.15, 0.2) is 60.9 Å². The Morgan fingerprint density at radius 3 is 2.40 bits per heavy atom. The molecule has 0 fully saturated rings. The molecule has 1 aromatic heterocycles. The number of hydrogen-bond donors (Lipinski definition) is 3. The summed E-state index contributed by atoms with van der Waals surface area (Å²) in [6.07, 6.45) is 1.30. The molecule has 3 rings (SSSR count). The first-order chi connectivity index (χ1) is 14.6. The van der Waals surface area contributed by atoms with E-state index >= 15 is 0 Å². The maximum absolute atomic E-state index is 12.1. The molecule has 0 aliphatic rings. The Bertz CT molecular complexity index is 1010. The molecule has 0 unspecified atom stereocenters. The average molecular weight is 408 g/mol. The highest BCUT2D eigenvalue weighted by Gasteiger charge is 2.23. The number of hydrazine groups is 1. The van der Waals surface area contributed by atoms with Gasteiger partial charge in [-0.25, -0.2) is 9.97 Å². The highest BCUT2D eigenvalue weighted by molar-refractivity contribution is 5.80. The molecule has 10 heteroatoms. The SMILES string of the molecule is COc1ccc(CNc2ncnc(NNC(=O)Cc3ccccc3)c2[N+](=O)[O-])cc1. The molecular formula is C20H20N6O4. The second-order valence-corrected chi connectivity index (χ2v) is 6.21. The zero-order valence-electron chi connectivity index (χ0n) is 16.2. The lowest BCUT2D eigenvalue weighted by Gasteiger charge is -2.11. The van der Waals surface area contributed by atoms with E-state index in [0.717, 1.165) is 11.1 Å². The van der Waals surface area contributed by atoms with Crippen LogP contribution in [0.5, 0.6) is 5.75 Å². The molecule has 0 atom stereocenters. The minimum atomic E-state index is -0.609. The van der Waals surface area contributed by atoms with Crippen LogP contribution in [0.25, 0.3) is 0 Å². The number of carbonyl (C=O) groups excluding carboxylic acids is 1. The van der Waals surface area contributed by atoms with Gasteiger partial charge in [-0.3, -0.25) is 25.8 Å². The zero-order chi connectivity index (χ0) is 21.3. The fourth-order valence-corrected chi connectivity index (χ4v) is 2.66. The summed E-state index contributed by atoms with van der Waals surface area (Å²) >= 11 is 0. The molecular weight excluding hydrogens is 388 g/mol. The molecule has 1 amide bonds. The Morgan fingerprint density at radius 2 is 1.73 bits per heavy atom. The van der Waals surface area contributed by atoms with E-state index in [1.165, 1.54) is 6.33 Å². The average Bonchev–Trinajstić information content (AvgIpc) is 2.77. The summed E-state index contributed by atoms with van der Waals surface area (Å²) in [6.45, 7) is 0.307. The number of anilines is 2. The van der Waals surface area contributed by atoms with E-state index in [1.807, 2.05) is 42.5 Å². The molecule has 30 heavy (non-hydrogen) atoms. The number of nitro groups is 1. The molecule has 2 aromatic carbocycles. The summed E-state index contributed by atoms with van der Waals surface area (Å²) in [5, 5.41) is 14.5. The largest absolute Gasteiger partial charge is 0.497 e. The molecule has 0 saturated carbocycles. The first kappa shape index (κ1) is 20.5. The highest BCUT2D eigenvalue weighted by Crippen LogP contribution is 2.28. The topological polar surface area (TPSA) is 131 Å². The number of ether oxygens (including phenoxy) is 1. The van der Waals surface area contributed by atoms with E-state index in [-0.39, 0.29) is 29.7 Å². The first-order valence-electron chi connectivity index (χ1n) is 9.02. The van der Waals surface area contributed by atoms with Gasteiger partial charge in [0.05, 0.1) is 18.5 Å². The number of carbonyl (C=O) groups is 1. The van der Waals surface area contributed by atoms with Crippen molar-refractivity contribution < 1.29 is 14.5 Å². The van der Waals surface area contributed by atoms with Crippen molar-refractivity contribution in [1.82, 2.24) is 15.4 Å². The van der Waals surface area contributed by atoms with Gasteiger partial charge in [-0.2, -0.15) is 0 Å². The normalized spacial score (nSPS) is 10.2. The van der Waals surface area contributed by atoms with Crippen molar-refractivity contribution in [2.45, 2.75) is 13.0 Å². The van der Waals surface area contributed by atoms with Crippen molar-refractivity contribution in [3.05, 3.63) is 82.2 Å². The van der Waals surface area contributed by atoms with Crippen LogP contribution in [-0.2, 0) is 17.8 Å². The number of rotatable bonds is 9. The van der Waals surface area contributed by atoms with Crippen LogP contribution in [0, 0.1) is 10.1 Å². The van der Waals surface area contributed by atoms with Crippen LogP contribution in [-0.4, -0.2) is 27.9 Å². The third-order valence-corrected chi connectivity index (χ3v) is 4.15. The summed E-state index contributed by atoms with van der Waals surface area (Å²) in [5.74, 6) is 0.269. The van der Waals surface area contributed by atoms with Gasteiger partial charge in [0.15, 0.2) is 0 Å². The summed E-state index contributed by atoms with van der Waals surface area (Å²) in [4.78, 5) is 30.9. The Morgan fingerprint density at radius 1 is 1.03 bits per heavy atom. The summed E-state index contributed by atoms with van der Waals surface area (Å²) in [7, 11) is 1.57. The van der Waals surface area contributed by atoms with Crippen LogP contribution in [0.1, 0.15) is 11.1 Å². The molecule has 1 heterocycles. The quantitative estimate of drug-likeness (QED) is 0.364. The van der Waals surface area contributed by atoms with Crippen LogP contribution in [0.3, 0.4) is 0 Å². The minimum absolute atomic E-state index is 0.0330. The Kier molecular flexibility index (Phi) is 6.72. The third kappa shape index (κ3) is 5.41. The van der Waals surface area contributed by atoms with Crippen LogP contribution < -0.4 is 20.9 Å². The molecule has 154 valence electrons. The van der Waals surface area contributed by atoms with Crippen LogP contribution in [0.2, 0.25) is 0 Å². The van der Waals surface area contributed by atoms with Crippen LogP contribution >= 0.6 is 0 Å². The van der Waals surface area contributed by atoms with Gasteiger partial charge in [0.1, 0.15) is 12.1 Å². The summed E-state index contributed by atoms with van der Waals surface area (Å²) in [5.41, 5.74) is 6.28. The van der Waals surface area contributed by atoms with Crippen molar-refractivity contribution in [2.24, 2.45) is 0 Å². The van der Waals surface area contributed by atoms with Crippen molar-refractivity contribution in [3.8, 4) is 5.75 Å². The molecule has 0 saturated heterocycles. The van der Waals surface area contributed by atoms with Crippen molar-refractivity contribution >= 4 is 23.2 Å². The fourth-order valence-electron chi connectivity index (χ4n) is 2.66. The van der Waals surface area contributed by atoms with E-state index in [2.05, 4.69) is 26.1 Å². The van der Waals surface area contributed by atoms with Crippen molar-refractivity contribution in [1.29, 1.82) is 0 Å². The number of hydrogen-bond acceptors (Lipinski definition) is 8. The molecule has 3 N–H and O–H groups in total. The van der Waals surface area contributed by atoms with E-state index in [0.29, 0.717) is 12.3 Å². The Balaban J connectivity index is 1.67. The lowest BCUT2D eigenvalue weighted by atomic mass is 10.1. The number of amides is 1. The van der Waals surface area contributed by atoms with Gasteiger partial charge in [-0.15, -0.1) is 0 Å². The van der Waals surface area contributed by atoms with Gasteiger partial charge in [-0.05, 0) is 23.3 Å². The Hall–Kier alpha value is -4.21. The van der Waals surface area contributed by atoms with Crippen molar-refractivity contribution in [3.63, 3.8) is 0 Å². The van der Waals surface area contributed by atoms with Gasteiger partial charge in [0, 0.05) is 6.54 Å². The smallest absolute Gasteiger partial charge is 0.354 e. The summed E-state index contributed by atoms with van der Waals surface area (Å²) in [6, 6.07) is 16.4.